The van der Waals surface area contributed by atoms with Gasteiger partial charge in [-0.2, -0.15) is 11.8 Å². The van der Waals surface area contributed by atoms with Crippen molar-refractivity contribution in [1.82, 2.24) is 5.32 Å². The maximum Gasteiger partial charge on any atom is 0.139 e. The molecule has 0 aliphatic carbocycles. The number of hydrogen-bond donors (Lipinski definition) is 1. The summed E-state index contributed by atoms with van der Waals surface area (Å²) in [4.78, 5) is 11.9. The van der Waals surface area contributed by atoms with Crippen molar-refractivity contribution in [3.05, 3.63) is 34.6 Å². The zero-order valence-corrected chi connectivity index (χ0v) is 11.5. The number of carbonyl (C=O) groups is 1. The molecule has 1 atom stereocenters. The van der Waals surface area contributed by atoms with Crippen LogP contribution < -0.4 is 5.32 Å². The molecule has 1 fully saturated rings. The lowest BCUT2D eigenvalue weighted by Gasteiger charge is -2.22. The zero-order chi connectivity index (χ0) is 13.0. The second-order valence-electron chi connectivity index (χ2n) is 4.35. The number of hydrogen-bond acceptors (Lipinski definition) is 3. The van der Waals surface area contributed by atoms with Crippen LogP contribution in [-0.4, -0.2) is 29.9 Å². The molecule has 5 heteroatoms. The van der Waals surface area contributed by atoms with Gasteiger partial charge in [-0.1, -0.05) is 17.7 Å². The number of carbonyl (C=O) groups excluding carboxylic acids is 1. The average molecular weight is 288 g/mol. The summed E-state index contributed by atoms with van der Waals surface area (Å²) in [5.74, 6) is 1.66. The van der Waals surface area contributed by atoms with Crippen molar-refractivity contribution in [1.29, 1.82) is 0 Å². The number of ketones is 1. The van der Waals surface area contributed by atoms with Crippen LogP contribution in [0.3, 0.4) is 0 Å². The van der Waals surface area contributed by atoms with Gasteiger partial charge < -0.3 is 5.32 Å². The van der Waals surface area contributed by atoms with Gasteiger partial charge in [0.15, 0.2) is 0 Å². The molecule has 18 heavy (non-hydrogen) atoms. The molecule has 0 radical (unpaired) electrons. The first kappa shape index (κ1) is 13.8. The Morgan fingerprint density at radius 1 is 1.56 bits per heavy atom. The SMILES string of the molecule is O=C(Cc1c(F)cccc1Cl)CC1CSCCN1. The Bertz CT molecular complexity index is 415. The Hall–Kier alpha value is -0.580. The Labute approximate surface area is 115 Å². The molecule has 98 valence electrons. The van der Waals surface area contributed by atoms with E-state index in [4.69, 9.17) is 11.6 Å². The van der Waals surface area contributed by atoms with E-state index in [1.54, 1.807) is 12.1 Å². The molecule has 1 aliphatic heterocycles. The number of thioether (sulfide) groups is 1. The highest BCUT2D eigenvalue weighted by Gasteiger charge is 2.18. The summed E-state index contributed by atoms with van der Waals surface area (Å²) in [6.45, 7) is 0.934. The van der Waals surface area contributed by atoms with E-state index in [0.29, 0.717) is 17.0 Å². The summed E-state index contributed by atoms with van der Waals surface area (Å²) >= 11 is 7.75. The van der Waals surface area contributed by atoms with Crippen LogP contribution in [0.2, 0.25) is 5.02 Å². The molecule has 1 aromatic carbocycles. The summed E-state index contributed by atoms with van der Waals surface area (Å²) in [5.41, 5.74) is 0.313. The predicted octanol–water partition coefficient (Wildman–Crippen LogP) is 2.69. The van der Waals surface area contributed by atoms with E-state index in [9.17, 15) is 9.18 Å². The molecule has 0 saturated carbocycles. The highest BCUT2D eigenvalue weighted by molar-refractivity contribution is 7.99. The molecule has 1 aromatic rings. The molecule has 0 spiro atoms. The van der Waals surface area contributed by atoms with Gasteiger partial charge in [-0.25, -0.2) is 4.39 Å². The first-order chi connectivity index (χ1) is 8.66. The molecule has 0 amide bonds. The van der Waals surface area contributed by atoms with Gasteiger partial charge in [-0.15, -0.1) is 0 Å². The van der Waals surface area contributed by atoms with Crippen LogP contribution in [-0.2, 0) is 11.2 Å². The van der Waals surface area contributed by atoms with Crippen LogP contribution in [0.1, 0.15) is 12.0 Å². The normalized spacial score (nSPS) is 19.8. The fourth-order valence-electron chi connectivity index (χ4n) is 2.00. The van der Waals surface area contributed by atoms with Crippen molar-refractivity contribution in [2.75, 3.05) is 18.1 Å². The summed E-state index contributed by atoms with van der Waals surface area (Å²) in [6, 6.07) is 4.71. The monoisotopic (exact) mass is 287 g/mol. The summed E-state index contributed by atoms with van der Waals surface area (Å²) in [5, 5.41) is 3.62. The van der Waals surface area contributed by atoms with E-state index in [2.05, 4.69) is 5.32 Å². The van der Waals surface area contributed by atoms with E-state index in [1.807, 2.05) is 11.8 Å². The van der Waals surface area contributed by atoms with Crippen LogP contribution in [0.4, 0.5) is 4.39 Å². The first-order valence-corrected chi connectivity index (χ1v) is 7.46. The lowest BCUT2D eigenvalue weighted by Crippen LogP contribution is -2.39. The van der Waals surface area contributed by atoms with E-state index in [1.165, 1.54) is 6.07 Å². The Kier molecular flexibility index (Phi) is 5.03. The molecule has 1 N–H and O–H groups in total. The van der Waals surface area contributed by atoms with Crippen molar-refractivity contribution < 1.29 is 9.18 Å². The van der Waals surface area contributed by atoms with Crippen molar-refractivity contribution in [2.45, 2.75) is 18.9 Å². The summed E-state index contributed by atoms with van der Waals surface area (Å²) in [7, 11) is 0. The van der Waals surface area contributed by atoms with Crippen LogP contribution in [0, 0.1) is 5.82 Å². The predicted molar refractivity (Wildman–Crippen MR) is 73.9 cm³/mol. The van der Waals surface area contributed by atoms with Gasteiger partial charge >= 0.3 is 0 Å². The van der Waals surface area contributed by atoms with Gasteiger partial charge in [-0.05, 0) is 12.1 Å². The smallest absolute Gasteiger partial charge is 0.139 e. The minimum atomic E-state index is -0.401. The second-order valence-corrected chi connectivity index (χ2v) is 5.90. The third-order valence-electron chi connectivity index (χ3n) is 2.91. The summed E-state index contributed by atoms with van der Waals surface area (Å²) in [6.07, 6.45) is 0.520. The van der Waals surface area contributed by atoms with E-state index in [-0.39, 0.29) is 18.2 Å². The Balaban J connectivity index is 1.94. The number of Topliss-reactive ketones (excluding diaryl/α,β-unsaturated/α-hetero) is 1. The zero-order valence-electron chi connectivity index (χ0n) is 9.92. The molecule has 1 heterocycles. The van der Waals surface area contributed by atoms with Crippen LogP contribution in [0.25, 0.3) is 0 Å². The second kappa shape index (κ2) is 6.55. The largest absolute Gasteiger partial charge is 0.312 e. The summed E-state index contributed by atoms with van der Waals surface area (Å²) < 4.78 is 13.5. The molecular weight excluding hydrogens is 273 g/mol. The molecule has 1 saturated heterocycles. The van der Waals surface area contributed by atoms with Crippen molar-refractivity contribution in [3.8, 4) is 0 Å². The Morgan fingerprint density at radius 3 is 3.06 bits per heavy atom. The van der Waals surface area contributed by atoms with Gasteiger partial charge in [0.05, 0.1) is 0 Å². The first-order valence-electron chi connectivity index (χ1n) is 5.92. The van der Waals surface area contributed by atoms with E-state index < -0.39 is 5.82 Å². The topological polar surface area (TPSA) is 29.1 Å². The number of rotatable bonds is 4. The van der Waals surface area contributed by atoms with Crippen LogP contribution in [0.5, 0.6) is 0 Å². The molecule has 1 aliphatic rings. The van der Waals surface area contributed by atoms with Gasteiger partial charge in [0.2, 0.25) is 0 Å². The molecule has 0 aromatic heterocycles. The average Bonchev–Trinajstić information content (AvgIpc) is 2.35. The van der Waals surface area contributed by atoms with Gasteiger partial charge in [0, 0.05) is 47.5 Å². The lowest BCUT2D eigenvalue weighted by molar-refractivity contribution is -0.118. The van der Waals surface area contributed by atoms with Crippen LogP contribution in [0.15, 0.2) is 18.2 Å². The maximum absolute atomic E-state index is 13.5. The Morgan fingerprint density at radius 2 is 2.39 bits per heavy atom. The van der Waals surface area contributed by atoms with Gasteiger partial charge in [0.1, 0.15) is 11.6 Å². The molecule has 2 rings (SSSR count). The third-order valence-corrected chi connectivity index (χ3v) is 4.39. The number of nitrogens with one attached hydrogen (secondary N) is 1. The minimum absolute atomic E-state index is 0.0296. The highest BCUT2D eigenvalue weighted by Crippen LogP contribution is 2.20. The fourth-order valence-corrected chi connectivity index (χ4v) is 3.18. The lowest BCUT2D eigenvalue weighted by atomic mass is 10.0. The van der Waals surface area contributed by atoms with Crippen LogP contribution >= 0.6 is 23.4 Å². The standard InChI is InChI=1S/C13H15ClFNOS/c14-12-2-1-3-13(15)11(12)7-10(17)6-9-8-18-5-4-16-9/h1-3,9,16H,4-8H2. The number of halogens is 2. The van der Waals surface area contributed by atoms with Gasteiger partial charge in [0.25, 0.3) is 0 Å². The molecule has 1 unspecified atom stereocenters. The van der Waals surface area contributed by atoms with Crippen molar-refractivity contribution >= 4 is 29.1 Å². The molecule has 2 nitrogen and oxygen atoms in total. The number of benzene rings is 1. The van der Waals surface area contributed by atoms with Crippen molar-refractivity contribution in [3.63, 3.8) is 0 Å². The molecular formula is C13H15ClFNOS. The van der Waals surface area contributed by atoms with E-state index in [0.717, 1.165) is 18.1 Å². The van der Waals surface area contributed by atoms with Gasteiger partial charge in [-0.3, -0.25) is 4.79 Å². The van der Waals surface area contributed by atoms with Crippen molar-refractivity contribution in [2.24, 2.45) is 0 Å². The third kappa shape index (κ3) is 3.70. The minimum Gasteiger partial charge on any atom is -0.312 e. The quantitative estimate of drug-likeness (QED) is 0.923. The fraction of sp³-hybridized carbons (Fsp3) is 0.462. The maximum atomic E-state index is 13.5. The van der Waals surface area contributed by atoms with E-state index >= 15 is 0 Å². The molecule has 0 bridgehead atoms. The highest BCUT2D eigenvalue weighted by atomic mass is 35.5.